The predicted molar refractivity (Wildman–Crippen MR) is 62.8 cm³/mol. The van der Waals surface area contributed by atoms with Crippen LogP contribution in [0.5, 0.6) is 0 Å². The maximum atomic E-state index is 13.4. The molecule has 1 aromatic carbocycles. The Bertz CT molecular complexity index is 572. The number of anilines is 1. The van der Waals surface area contributed by atoms with Crippen LogP contribution in [-0.2, 0) is 7.05 Å². The fourth-order valence-corrected chi connectivity index (χ4v) is 1.84. The zero-order chi connectivity index (χ0) is 12.0. The molecule has 1 aliphatic carbocycles. The first-order chi connectivity index (χ1) is 8.15. The Morgan fingerprint density at radius 2 is 2.18 bits per heavy atom. The van der Waals surface area contributed by atoms with Crippen LogP contribution in [-0.4, -0.2) is 14.8 Å². The third-order valence-electron chi connectivity index (χ3n) is 2.98. The standard InChI is InChI=1S/C12H13FN4/c1-17-12(15-11(16-17)7-2-3-7)8-4-5-10(14)9(13)6-8/h4-7H,2-3,14H2,1H3. The number of aryl methyl sites for hydroxylation is 1. The van der Waals surface area contributed by atoms with E-state index in [1.54, 1.807) is 16.8 Å². The Hall–Kier alpha value is -1.91. The van der Waals surface area contributed by atoms with Crippen LogP contribution in [0.3, 0.4) is 0 Å². The highest BCUT2D eigenvalue weighted by Crippen LogP contribution is 2.38. The quantitative estimate of drug-likeness (QED) is 0.806. The number of nitrogens with zero attached hydrogens (tertiary/aromatic N) is 3. The van der Waals surface area contributed by atoms with E-state index in [0.717, 1.165) is 18.7 Å². The Balaban J connectivity index is 2.04. The van der Waals surface area contributed by atoms with Gasteiger partial charge in [0, 0.05) is 18.5 Å². The third kappa shape index (κ3) is 1.77. The van der Waals surface area contributed by atoms with Crippen molar-refractivity contribution in [3.63, 3.8) is 0 Å². The van der Waals surface area contributed by atoms with E-state index in [4.69, 9.17) is 5.73 Å². The lowest BCUT2D eigenvalue weighted by atomic mass is 10.2. The van der Waals surface area contributed by atoms with Crippen molar-refractivity contribution in [2.75, 3.05) is 5.73 Å². The molecule has 2 aromatic rings. The van der Waals surface area contributed by atoms with Gasteiger partial charge in [-0.25, -0.2) is 14.1 Å². The van der Waals surface area contributed by atoms with E-state index in [9.17, 15) is 4.39 Å². The summed E-state index contributed by atoms with van der Waals surface area (Å²) >= 11 is 0. The number of nitrogens with two attached hydrogens (primary N) is 1. The molecule has 1 fully saturated rings. The van der Waals surface area contributed by atoms with Crippen LogP contribution in [0.4, 0.5) is 10.1 Å². The van der Waals surface area contributed by atoms with Gasteiger partial charge in [-0.1, -0.05) is 0 Å². The average molecular weight is 232 g/mol. The molecule has 0 radical (unpaired) electrons. The molecule has 1 aliphatic rings. The molecule has 0 unspecified atom stereocenters. The second-order valence-electron chi connectivity index (χ2n) is 4.43. The summed E-state index contributed by atoms with van der Waals surface area (Å²) in [5.74, 6) is 1.62. The number of rotatable bonds is 2. The highest BCUT2D eigenvalue weighted by atomic mass is 19.1. The van der Waals surface area contributed by atoms with E-state index < -0.39 is 5.82 Å². The molecule has 1 saturated carbocycles. The molecule has 0 aliphatic heterocycles. The van der Waals surface area contributed by atoms with Crippen molar-refractivity contribution in [2.24, 2.45) is 7.05 Å². The van der Waals surface area contributed by atoms with Crippen LogP contribution in [0, 0.1) is 5.82 Å². The van der Waals surface area contributed by atoms with E-state index >= 15 is 0 Å². The van der Waals surface area contributed by atoms with Gasteiger partial charge in [0.15, 0.2) is 11.6 Å². The van der Waals surface area contributed by atoms with Crippen molar-refractivity contribution in [3.8, 4) is 11.4 Å². The summed E-state index contributed by atoms with van der Waals surface area (Å²) in [6, 6.07) is 4.71. The van der Waals surface area contributed by atoms with Crippen molar-refractivity contribution in [1.29, 1.82) is 0 Å². The van der Waals surface area contributed by atoms with Crippen molar-refractivity contribution in [2.45, 2.75) is 18.8 Å². The summed E-state index contributed by atoms with van der Waals surface area (Å²) in [6.07, 6.45) is 2.30. The fraction of sp³-hybridized carbons (Fsp3) is 0.333. The molecule has 0 saturated heterocycles. The molecule has 3 rings (SSSR count). The van der Waals surface area contributed by atoms with E-state index in [2.05, 4.69) is 10.1 Å². The molecule has 1 heterocycles. The monoisotopic (exact) mass is 232 g/mol. The molecule has 5 heteroatoms. The van der Waals surface area contributed by atoms with Crippen LogP contribution in [0.25, 0.3) is 11.4 Å². The second-order valence-corrected chi connectivity index (χ2v) is 4.43. The van der Waals surface area contributed by atoms with Crippen molar-refractivity contribution in [3.05, 3.63) is 29.8 Å². The molecule has 17 heavy (non-hydrogen) atoms. The molecular weight excluding hydrogens is 219 g/mol. The van der Waals surface area contributed by atoms with Gasteiger partial charge in [0.1, 0.15) is 5.82 Å². The van der Waals surface area contributed by atoms with Crippen molar-refractivity contribution < 1.29 is 4.39 Å². The molecule has 88 valence electrons. The SMILES string of the molecule is Cn1nc(C2CC2)nc1-c1ccc(N)c(F)c1. The second kappa shape index (κ2) is 3.55. The van der Waals surface area contributed by atoms with Gasteiger partial charge in [-0.15, -0.1) is 0 Å². The Morgan fingerprint density at radius 3 is 2.82 bits per heavy atom. The van der Waals surface area contributed by atoms with E-state index in [1.807, 2.05) is 7.05 Å². The molecule has 1 aromatic heterocycles. The van der Waals surface area contributed by atoms with Gasteiger partial charge in [0.2, 0.25) is 0 Å². The lowest BCUT2D eigenvalue weighted by Gasteiger charge is -2.01. The van der Waals surface area contributed by atoms with Crippen LogP contribution in [0.1, 0.15) is 24.6 Å². The number of benzene rings is 1. The third-order valence-corrected chi connectivity index (χ3v) is 2.98. The number of hydrogen-bond donors (Lipinski definition) is 1. The van der Waals surface area contributed by atoms with Crippen molar-refractivity contribution in [1.82, 2.24) is 14.8 Å². The number of hydrogen-bond acceptors (Lipinski definition) is 3. The summed E-state index contributed by atoms with van der Waals surface area (Å²) in [4.78, 5) is 4.46. The number of aromatic nitrogens is 3. The van der Waals surface area contributed by atoms with Gasteiger partial charge < -0.3 is 5.73 Å². The zero-order valence-corrected chi connectivity index (χ0v) is 9.52. The number of halogens is 1. The van der Waals surface area contributed by atoms with Gasteiger partial charge in [-0.3, -0.25) is 0 Å². The van der Waals surface area contributed by atoms with Crippen LogP contribution < -0.4 is 5.73 Å². The molecule has 0 spiro atoms. The largest absolute Gasteiger partial charge is 0.396 e. The van der Waals surface area contributed by atoms with E-state index in [-0.39, 0.29) is 5.69 Å². The van der Waals surface area contributed by atoms with Crippen LogP contribution in [0.15, 0.2) is 18.2 Å². The molecule has 0 amide bonds. The first-order valence-electron chi connectivity index (χ1n) is 5.61. The molecule has 0 atom stereocenters. The topological polar surface area (TPSA) is 56.7 Å². The molecule has 2 N–H and O–H groups in total. The average Bonchev–Trinajstić information content (AvgIpc) is 3.07. The summed E-state index contributed by atoms with van der Waals surface area (Å²) in [5.41, 5.74) is 6.31. The summed E-state index contributed by atoms with van der Waals surface area (Å²) in [7, 11) is 1.82. The smallest absolute Gasteiger partial charge is 0.158 e. The summed E-state index contributed by atoms with van der Waals surface area (Å²) in [6.45, 7) is 0. The van der Waals surface area contributed by atoms with Crippen LogP contribution >= 0.6 is 0 Å². The van der Waals surface area contributed by atoms with Gasteiger partial charge in [-0.05, 0) is 31.0 Å². The fourth-order valence-electron chi connectivity index (χ4n) is 1.84. The first-order valence-corrected chi connectivity index (χ1v) is 5.61. The lowest BCUT2D eigenvalue weighted by Crippen LogP contribution is -1.96. The van der Waals surface area contributed by atoms with E-state index in [0.29, 0.717) is 17.3 Å². The van der Waals surface area contributed by atoms with Gasteiger partial charge in [0.05, 0.1) is 5.69 Å². The van der Waals surface area contributed by atoms with Crippen LogP contribution in [0.2, 0.25) is 0 Å². The highest BCUT2D eigenvalue weighted by molar-refractivity contribution is 5.59. The molecule has 4 nitrogen and oxygen atoms in total. The lowest BCUT2D eigenvalue weighted by molar-refractivity contribution is 0.632. The Labute approximate surface area is 98.3 Å². The normalized spacial score (nSPS) is 15.2. The first kappa shape index (κ1) is 10.3. The Kier molecular flexibility index (Phi) is 2.14. The Morgan fingerprint density at radius 1 is 1.41 bits per heavy atom. The van der Waals surface area contributed by atoms with Gasteiger partial charge in [-0.2, -0.15) is 5.10 Å². The number of nitrogen functional groups attached to an aromatic ring is 1. The molecular formula is C12H13FN4. The highest BCUT2D eigenvalue weighted by Gasteiger charge is 2.28. The minimum Gasteiger partial charge on any atom is -0.396 e. The minimum absolute atomic E-state index is 0.151. The van der Waals surface area contributed by atoms with Crippen molar-refractivity contribution >= 4 is 5.69 Å². The summed E-state index contributed by atoms with van der Waals surface area (Å²) in [5, 5.41) is 4.35. The minimum atomic E-state index is -0.418. The predicted octanol–water partition coefficient (Wildman–Crippen LogP) is 2.08. The van der Waals surface area contributed by atoms with Gasteiger partial charge >= 0.3 is 0 Å². The van der Waals surface area contributed by atoms with E-state index in [1.165, 1.54) is 6.07 Å². The van der Waals surface area contributed by atoms with Gasteiger partial charge in [0.25, 0.3) is 0 Å². The molecule has 0 bridgehead atoms. The maximum Gasteiger partial charge on any atom is 0.158 e. The summed E-state index contributed by atoms with van der Waals surface area (Å²) < 4.78 is 15.1. The maximum absolute atomic E-state index is 13.4. The zero-order valence-electron chi connectivity index (χ0n) is 9.52.